The number of thiol groups is 1. The van der Waals surface area contributed by atoms with Gasteiger partial charge in [-0.05, 0) is 72.9 Å². The van der Waals surface area contributed by atoms with Crippen molar-refractivity contribution in [2.24, 2.45) is 0 Å². The maximum absolute atomic E-state index is 14.3. The molecule has 2 N–H and O–H groups in total. The summed E-state index contributed by atoms with van der Waals surface area (Å²) >= 11 is 4.35. The van der Waals surface area contributed by atoms with Gasteiger partial charge in [-0.1, -0.05) is 67.1 Å². The Bertz CT molecular complexity index is 1250. The summed E-state index contributed by atoms with van der Waals surface area (Å²) in [4.78, 5) is 56.0. The largest absolute Gasteiger partial charge is 0.458 e. The Labute approximate surface area is 267 Å². The Morgan fingerprint density at radius 2 is 1.41 bits per heavy atom. The number of benzene rings is 2. The molecular weight excluding hydrogens is 578 g/mol. The van der Waals surface area contributed by atoms with Crippen LogP contribution in [-0.4, -0.2) is 63.9 Å². The summed E-state index contributed by atoms with van der Waals surface area (Å²) in [5.74, 6) is -1.66. The van der Waals surface area contributed by atoms with Gasteiger partial charge in [-0.25, -0.2) is 9.59 Å². The average Bonchev–Trinajstić information content (AvgIpc) is 2.92. The lowest BCUT2D eigenvalue weighted by Crippen LogP contribution is -2.57. The molecular formula is C34H49N3O6S. The Kier molecular flexibility index (Phi) is 13.3. The van der Waals surface area contributed by atoms with Crippen LogP contribution in [0.3, 0.4) is 0 Å². The number of nitrogens with zero attached hydrogens (tertiary/aromatic N) is 1. The first-order chi connectivity index (χ1) is 20.5. The number of alkyl carbamates (subject to hydrolysis) is 1. The second-order valence-electron chi connectivity index (χ2n) is 13.0. The number of ether oxygens (including phenoxy) is 2. The number of aryl methyl sites for hydroxylation is 1. The average molecular weight is 628 g/mol. The van der Waals surface area contributed by atoms with Gasteiger partial charge in [0.05, 0.1) is 0 Å². The van der Waals surface area contributed by atoms with Gasteiger partial charge in [-0.3, -0.25) is 9.59 Å². The third-order valence-electron chi connectivity index (χ3n) is 6.70. The lowest BCUT2D eigenvalue weighted by molar-refractivity contribution is -0.159. The third-order valence-corrected chi connectivity index (χ3v) is 7.07. The van der Waals surface area contributed by atoms with Crippen molar-refractivity contribution >= 4 is 36.5 Å². The molecule has 0 aliphatic rings. The van der Waals surface area contributed by atoms with Crippen molar-refractivity contribution in [2.75, 3.05) is 5.75 Å². The van der Waals surface area contributed by atoms with Gasteiger partial charge >= 0.3 is 12.1 Å². The zero-order chi connectivity index (χ0) is 33.2. The van der Waals surface area contributed by atoms with Gasteiger partial charge in [0.1, 0.15) is 29.3 Å². The molecule has 0 heterocycles. The highest BCUT2D eigenvalue weighted by Gasteiger charge is 2.40. The van der Waals surface area contributed by atoms with Crippen molar-refractivity contribution in [3.8, 4) is 0 Å². The zero-order valence-electron chi connectivity index (χ0n) is 27.5. The van der Waals surface area contributed by atoms with Crippen molar-refractivity contribution in [3.05, 3.63) is 71.3 Å². The number of carbonyl (C=O) groups is 4. The van der Waals surface area contributed by atoms with Crippen LogP contribution >= 0.6 is 12.6 Å². The molecule has 0 aliphatic carbocycles. The van der Waals surface area contributed by atoms with Crippen molar-refractivity contribution in [1.82, 2.24) is 15.5 Å². The fourth-order valence-electron chi connectivity index (χ4n) is 4.46. The van der Waals surface area contributed by atoms with E-state index < -0.39 is 59.2 Å². The van der Waals surface area contributed by atoms with E-state index in [1.165, 1.54) is 4.90 Å². The third kappa shape index (κ3) is 11.5. The molecule has 2 aromatic rings. The molecule has 0 spiro atoms. The highest BCUT2D eigenvalue weighted by atomic mass is 32.1. The minimum atomic E-state index is -1.12. The number of hydrogen-bond donors (Lipinski definition) is 3. The van der Waals surface area contributed by atoms with Gasteiger partial charge < -0.3 is 25.0 Å². The smallest absolute Gasteiger partial charge is 0.408 e. The molecule has 0 aliphatic heterocycles. The monoisotopic (exact) mass is 627 g/mol. The molecule has 0 radical (unpaired) electrons. The topological polar surface area (TPSA) is 114 Å². The van der Waals surface area contributed by atoms with Crippen LogP contribution < -0.4 is 10.6 Å². The van der Waals surface area contributed by atoms with Crippen molar-refractivity contribution in [1.29, 1.82) is 0 Å². The van der Waals surface area contributed by atoms with Crippen LogP contribution in [0.4, 0.5) is 4.79 Å². The van der Waals surface area contributed by atoms with E-state index in [0.717, 1.165) is 11.1 Å². The maximum atomic E-state index is 14.3. The predicted molar refractivity (Wildman–Crippen MR) is 175 cm³/mol. The van der Waals surface area contributed by atoms with Crippen LogP contribution in [0.5, 0.6) is 0 Å². The number of amides is 3. The minimum absolute atomic E-state index is 0.0260. The second kappa shape index (κ2) is 16.0. The Morgan fingerprint density at radius 3 is 1.91 bits per heavy atom. The molecule has 44 heavy (non-hydrogen) atoms. The Balaban J connectivity index is 2.57. The van der Waals surface area contributed by atoms with Gasteiger partial charge in [-0.15, -0.1) is 0 Å². The molecule has 0 bridgehead atoms. The molecule has 0 saturated heterocycles. The van der Waals surface area contributed by atoms with Crippen molar-refractivity contribution in [2.45, 2.75) is 111 Å². The molecule has 9 nitrogen and oxygen atoms in total. The van der Waals surface area contributed by atoms with Crippen molar-refractivity contribution < 1.29 is 28.7 Å². The summed E-state index contributed by atoms with van der Waals surface area (Å²) in [6, 6.07) is 13.0. The summed E-state index contributed by atoms with van der Waals surface area (Å²) in [6.45, 7) is 16.1. The molecule has 4 atom stereocenters. The highest BCUT2D eigenvalue weighted by Crippen LogP contribution is 2.27. The first-order valence-electron chi connectivity index (χ1n) is 15.0. The normalized spacial score (nSPS) is 14.4. The fraction of sp³-hybridized carbons (Fsp3) is 0.529. The van der Waals surface area contributed by atoms with E-state index >= 15 is 0 Å². The van der Waals surface area contributed by atoms with Crippen LogP contribution in [0.25, 0.3) is 0 Å². The van der Waals surface area contributed by atoms with Gasteiger partial charge in [0.25, 0.3) is 0 Å². The van der Waals surface area contributed by atoms with Crippen LogP contribution in [0, 0.1) is 6.92 Å². The second-order valence-corrected chi connectivity index (χ2v) is 13.3. The zero-order valence-corrected chi connectivity index (χ0v) is 28.4. The number of rotatable bonds is 12. The Morgan fingerprint density at radius 1 is 0.841 bits per heavy atom. The summed E-state index contributed by atoms with van der Waals surface area (Å²) < 4.78 is 11.1. The van der Waals surface area contributed by atoms with Crippen LogP contribution in [0.1, 0.15) is 84.5 Å². The van der Waals surface area contributed by atoms with E-state index in [-0.39, 0.29) is 12.2 Å². The number of nitrogens with one attached hydrogen (secondary N) is 2. The standard InChI is InChI=1S/C34H49N3O6S/c1-10-23(3)37(30(39)27(21-44)36-32(41)43-34(7,8)9)28(25-18-16-22(2)17-19-25)29(38)35-26(31(40)42-33(4,5)6)20-24-14-12-11-13-15-24/h11-19,23,26-28,44H,10,20-21H2,1-9H3,(H,35,38)(H,36,41). The summed E-state index contributed by atoms with van der Waals surface area (Å²) in [5, 5.41) is 5.53. The molecule has 0 fully saturated rings. The van der Waals surface area contributed by atoms with E-state index in [1.54, 1.807) is 53.7 Å². The van der Waals surface area contributed by atoms with Crippen LogP contribution in [-0.2, 0) is 30.3 Å². The van der Waals surface area contributed by atoms with E-state index in [9.17, 15) is 19.2 Å². The molecule has 0 saturated carbocycles. The first kappa shape index (κ1) is 36.7. The number of hydrogen-bond acceptors (Lipinski definition) is 7. The van der Waals surface area contributed by atoms with Crippen molar-refractivity contribution in [3.63, 3.8) is 0 Å². The molecule has 2 rings (SSSR count). The van der Waals surface area contributed by atoms with Crippen LogP contribution in [0.15, 0.2) is 54.6 Å². The van der Waals surface area contributed by atoms with Gasteiger partial charge in [-0.2, -0.15) is 12.6 Å². The predicted octanol–water partition coefficient (Wildman–Crippen LogP) is 5.56. The van der Waals surface area contributed by atoms with E-state index in [1.807, 2.05) is 63.2 Å². The highest BCUT2D eigenvalue weighted by molar-refractivity contribution is 7.80. The molecule has 10 heteroatoms. The lowest BCUT2D eigenvalue weighted by Gasteiger charge is -2.38. The van der Waals surface area contributed by atoms with E-state index in [2.05, 4.69) is 23.3 Å². The number of esters is 1. The molecule has 4 unspecified atom stereocenters. The summed E-state index contributed by atoms with van der Waals surface area (Å²) in [6.07, 6.45) is -0.0518. The van der Waals surface area contributed by atoms with Gasteiger partial charge in [0.2, 0.25) is 11.8 Å². The van der Waals surface area contributed by atoms with Crippen LogP contribution in [0.2, 0.25) is 0 Å². The molecule has 0 aromatic heterocycles. The lowest BCUT2D eigenvalue weighted by atomic mass is 9.98. The fourth-order valence-corrected chi connectivity index (χ4v) is 4.71. The number of carbonyl (C=O) groups excluding carboxylic acids is 4. The Hall–Kier alpha value is -3.53. The minimum Gasteiger partial charge on any atom is -0.458 e. The van der Waals surface area contributed by atoms with E-state index in [0.29, 0.717) is 12.0 Å². The summed E-state index contributed by atoms with van der Waals surface area (Å²) in [7, 11) is 0. The summed E-state index contributed by atoms with van der Waals surface area (Å²) in [5.41, 5.74) is 0.815. The van der Waals surface area contributed by atoms with Gasteiger partial charge in [0, 0.05) is 18.2 Å². The quantitative estimate of drug-likeness (QED) is 0.210. The molecule has 3 amide bonds. The first-order valence-corrected chi connectivity index (χ1v) is 15.6. The molecule has 2 aromatic carbocycles. The van der Waals surface area contributed by atoms with Gasteiger partial charge in [0.15, 0.2) is 0 Å². The maximum Gasteiger partial charge on any atom is 0.408 e. The van der Waals surface area contributed by atoms with E-state index in [4.69, 9.17) is 9.47 Å². The molecule has 242 valence electrons. The SMILES string of the molecule is CCC(C)N(C(=O)C(CS)NC(=O)OC(C)(C)C)C(C(=O)NC(Cc1ccccc1)C(=O)OC(C)(C)C)c1ccc(C)cc1.